The SMILES string of the molecule is CCCCCCCCCCC(OC(=S)C(F)(F)F)([Si](Cl)(Cl)Cl)[Si](Cl)(Cl)Cl. The fourth-order valence-electron chi connectivity index (χ4n) is 2.33. The standard InChI is InChI=1S/C13H21Cl6F3OSSi2/c1-2-3-4-5-6-7-8-9-10-12(25(14,15)16,26(17,18)19)23-11(24)13(20,21)22/h2-10H2,1H3. The molecule has 13 heteroatoms. The molecule has 0 bridgehead atoms. The van der Waals surface area contributed by atoms with E-state index >= 15 is 0 Å². The van der Waals surface area contributed by atoms with Crippen molar-refractivity contribution in [2.45, 2.75) is 75.7 Å². The first-order valence-electron chi connectivity index (χ1n) is 8.12. The first-order chi connectivity index (χ1) is 11.7. The predicted octanol–water partition coefficient (Wildman–Crippen LogP) is 8.55. The van der Waals surface area contributed by atoms with E-state index in [1.54, 1.807) is 0 Å². The van der Waals surface area contributed by atoms with Crippen molar-refractivity contribution in [3.8, 4) is 0 Å². The lowest BCUT2D eigenvalue weighted by Crippen LogP contribution is -2.63. The Bertz CT molecular complexity index is 429. The smallest absolute Gasteiger partial charge is 0.460 e. The van der Waals surface area contributed by atoms with E-state index in [9.17, 15) is 13.2 Å². The number of hydrogen-bond donors (Lipinski definition) is 0. The monoisotopic (exact) mass is 548 g/mol. The summed E-state index contributed by atoms with van der Waals surface area (Å²) in [5.74, 6) is 0. The summed E-state index contributed by atoms with van der Waals surface area (Å²) in [6.07, 6.45) is 2.63. The highest BCUT2D eigenvalue weighted by Crippen LogP contribution is 2.51. The molecule has 0 N–H and O–H groups in total. The number of hydrogen-bond acceptors (Lipinski definition) is 2. The molecule has 26 heavy (non-hydrogen) atoms. The van der Waals surface area contributed by atoms with Crippen molar-refractivity contribution in [1.82, 2.24) is 0 Å². The molecule has 0 saturated heterocycles. The fraction of sp³-hybridized carbons (Fsp3) is 0.923. The molecule has 0 aliphatic heterocycles. The number of halogens is 9. The zero-order valence-corrected chi connectivity index (χ0v) is 21.4. The second-order valence-corrected chi connectivity index (χ2v) is 24.1. The molecule has 0 rings (SSSR count). The van der Waals surface area contributed by atoms with Gasteiger partial charge in [-0.1, -0.05) is 51.9 Å². The molecule has 0 unspecified atom stereocenters. The van der Waals surface area contributed by atoms with E-state index in [0.717, 1.165) is 32.1 Å². The van der Waals surface area contributed by atoms with Crippen LogP contribution < -0.4 is 0 Å². The molecular formula is C13H21Cl6F3OSSi2. The van der Waals surface area contributed by atoms with Gasteiger partial charge in [-0.25, -0.2) is 0 Å². The van der Waals surface area contributed by atoms with Gasteiger partial charge in [0, 0.05) is 0 Å². The molecule has 0 aromatic rings. The second kappa shape index (κ2) is 11.9. The average molecular weight is 551 g/mol. The van der Waals surface area contributed by atoms with Crippen LogP contribution in [-0.4, -0.2) is 28.1 Å². The average Bonchev–Trinajstić information content (AvgIpc) is 2.44. The predicted molar refractivity (Wildman–Crippen MR) is 116 cm³/mol. The van der Waals surface area contributed by atoms with E-state index in [2.05, 4.69) is 19.1 Å². The lowest BCUT2D eigenvalue weighted by molar-refractivity contribution is -0.0787. The molecule has 0 spiro atoms. The Morgan fingerprint density at radius 1 is 0.808 bits per heavy atom. The van der Waals surface area contributed by atoms with Crippen molar-refractivity contribution < 1.29 is 17.9 Å². The van der Waals surface area contributed by atoms with Gasteiger partial charge in [0.1, 0.15) is 0 Å². The highest BCUT2D eigenvalue weighted by atomic mass is 35.8. The minimum absolute atomic E-state index is 0.0936. The van der Waals surface area contributed by atoms with Gasteiger partial charge in [-0.2, -0.15) is 13.2 Å². The van der Waals surface area contributed by atoms with Crippen LogP contribution in [0, 0.1) is 0 Å². The van der Waals surface area contributed by atoms with Crippen molar-refractivity contribution in [3.05, 3.63) is 0 Å². The first-order valence-corrected chi connectivity index (χ1v) is 18.6. The number of thiocarbonyl (C=S) groups is 1. The largest absolute Gasteiger partial charge is 0.472 e. The van der Waals surface area contributed by atoms with Crippen LogP contribution >= 0.6 is 78.7 Å². The maximum absolute atomic E-state index is 12.9. The van der Waals surface area contributed by atoms with Crippen LogP contribution in [0.4, 0.5) is 13.2 Å². The van der Waals surface area contributed by atoms with Crippen LogP contribution in [-0.2, 0) is 4.74 Å². The van der Waals surface area contributed by atoms with Gasteiger partial charge in [0.25, 0.3) is 5.05 Å². The summed E-state index contributed by atoms with van der Waals surface area (Å²) in [4.78, 5) is -2.09. The Kier molecular flexibility index (Phi) is 12.7. The fourth-order valence-corrected chi connectivity index (χ4v) is 19.2. The molecule has 0 aliphatic rings. The molecule has 0 saturated carbocycles. The van der Waals surface area contributed by atoms with Crippen LogP contribution in [0.3, 0.4) is 0 Å². The van der Waals surface area contributed by atoms with Gasteiger partial charge in [-0.3, -0.25) is 0 Å². The first kappa shape index (κ1) is 27.9. The third-order valence-corrected chi connectivity index (χ3v) is 17.2. The maximum Gasteiger partial charge on any atom is 0.460 e. The quantitative estimate of drug-likeness (QED) is 0.104. The summed E-state index contributed by atoms with van der Waals surface area (Å²) in [7, 11) is 0. The van der Waals surface area contributed by atoms with Gasteiger partial charge in [0.05, 0.1) is 0 Å². The molecule has 0 aromatic heterocycles. The number of ether oxygens (including phenoxy) is 1. The van der Waals surface area contributed by atoms with E-state index in [-0.39, 0.29) is 6.42 Å². The zero-order valence-electron chi connectivity index (χ0n) is 14.1. The minimum atomic E-state index is -4.91. The van der Waals surface area contributed by atoms with E-state index in [1.165, 1.54) is 6.42 Å². The van der Waals surface area contributed by atoms with Gasteiger partial charge in [0.15, 0.2) is 4.85 Å². The van der Waals surface area contributed by atoms with Crippen LogP contribution in [0.1, 0.15) is 64.7 Å². The van der Waals surface area contributed by atoms with Gasteiger partial charge in [-0.05, 0) is 25.1 Å². The van der Waals surface area contributed by atoms with Gasteiger partial charge in [-0.15, -0.1) is 66.5 Å². The Morgan fingerprint density at radius 3 is 1.54 bits per heavy atom. The van der Waals surface area contributed by atoms with Crippen molar-refractivity contribution in [2.24, 2.45) is 0 Å². The van der Waals surface area contributed by atoms with Gasteiger partial charge >= 0.3 is 18.2 Å². The highest BCUT2D eigenvalue weighted by molar-refractivity contribution is 7.80. The van der Waals surface area contributed by atoms with Crippen LogP contribution in [0.25, 0.3) is 0 Å². The Balaban J connectivity index is 5.03. The van der Waals surface area contributed by atoms with Crippen molar-refractivity contribution in [2.75, 3.05) is 0 Å². The topological polar surface area (TPSA) is 9.23 Å². The summed E-state index contributed by atoms with van der Waals surface area (Å²) in [6.45, 7) is 2.13. The van der Waals surface area contributed by atoms with E-state index in [0.29, 0.717) is 12.8 Å². The maximum atomic E-state index is 12.9. The van der Waals surface area contributed by atoms with Crippen molar-refractivity contribution in [3.63, 3.8) is 0 Å². The lowest BCUT2D eigenvalue weighted by atomic mass is 10.1. The molecule has 1 nitrogen and oxygen atoms in total. The third kappa shape index (κ3) is 9.12. The molecule has 0 atom stereocenters. The Hall–Kier alpha value is 1.85. The molecule has 0 radical (unpaired) electrons. The number of unbranched alkanes of at least 4 members (excludes halogenated alkanes) is 7. The summed E-state index contributed by atoms with van der Waals surface area (Å²) in [5, 5.41) is -1.69. The lowest BCUT2D eigenvalue weighted by Gasteiger charge is -2.41. The summed E-state index contributed by atoms with van der Waals surface area (Å²) in [5.41, 5.74) is 0. The summed E-state index contributed by atoms with van der Waals surface area (Å²) < 4.78 is 43.5. The second-order valence-electron chi connectivity index (χ2n) is 5.93. The number of rotatable bonds is 12. The zero-order chi connectivity index (χ0) is 20.6. The molecular weight excluding hydrogens is 530 g/mol. The molecule has 156 valence electrons. The van der Waals surface area contributed by atoms with Gasteiger partial charge < -0.3 is 4.74 Å². The Labute approximate surface area is 188 Å². The highest BCUT2D eigenvalue weighted by Gasteiger charge is 2.69. The third-order valence-electron chi connectivity index (χ3n) is 3.80. The van der Waals surface area contributed by atoms with Crippen LogP contribution in [0.5, 0.6) is 0 Å². The van der Waals surface area contributed by atoms with Crippen molar-refractivity contribution in [1.29, 1.82) is 0 Å². The summed E-state index contributed by atoms with van der Waals surface area (Å²) >= 11 is 40.5. The molecule has 0 aromatic carbocycles. The normalized spacial score (nSPS) is 13.8. The van der Waals surface area contributed by atoms with Crippen LogP contribution in [0.2, 0.25) is 0 Å². The molecule has 0 amide bonds. The molecule has 0 heterocycles. The summed E-state index contributed by atoms with van der Waals surface area (Å²) in [6, 6.07) is -8.05. The van der Waals surface area contributed by atoms with Gasteiger partial charge in [0.2, 0.25) is 0 Å². The molecule has 0 aliphatic carbocycles. The molecule has 0 fully saturated rings. The van der Waals surface area contributed by atoms with Crippen LogP contribution in [0.15, 0.2) is 0 Å². The van der Waals surface area contributed by atoms with Crippen molar-refractivity contribution >= 4 is 95.7 Å². The van der Waals surface area contributed by atoms with E-state index < -0.39 is 28.1 Å². The van der Waals surface area contributed by atoms with E-state index in [1.807, 2.05) is 0 Å². The minimum Gasteiger partial charge on any atom is -0.472 e. The van der Waals surface area contributed by atoms with E-state index in [4.69, 9.17) is 71.2 Å². The number of alkyl halides is 3. The Morgan fingerprint density at radius 2 is 1.19 bits per heavy atom.